The summed E-state index contributed by atoms with van der Waals surface area (Å²) in [6.45, 7) is 1.01. The third kappa shape index (κ3) is 4.22. The molecule has 5 nitrogen and oxygen atoms in total. The Morgan fingerprint density at radius 1 is 1.42 bits per heavy atom. The zero-order chi connectivity index (χ0) is 17.3. The van der Waals surface area contributed by atoms with Gasteiger partial charge in [0.25, 0.3) is 0 Å². The number of rotatable bonds is 3. The number of amides is 2. The first kappa shape index (κ1) is 17.5. The Morgan fingerprint density at radius 3 is 2.96 bits per heavy atom. The van der Waals surface area contributed by atoms with Gasteiger partial charge in [0.2, 0.25) is 0 Å². The number of hydrogen-bond donors (Lipinski definition) is 1. The zero-order valence-corrected chi connectivity index (χ0v) is 15.1. The summed E-state index contributed by atoms with van der Waals surface area (Å²) in [6.07, 6.45) is 2.68. The molecule has 1 fully saturated rings. The molecule has 0 spiro atoms. The predicted octanol–water partition coefficient (Wildman–Crippen LogP) is 2.44. The van der Waals surface area contributed by atoms with Gasteiger partial charge in [-0.25, -0.2) is 17.6 Å². The summed E-state index contributed by atoms with van der Waals surface area (Å²) in [6, 6.07) is 4.29. The van der Waals surface area contributed by atoms with Gasteiger partial charge in [-0.2, -0.15) is 0 Å². The number of hydrogen-bond acceptors (Lipinski definition) is 4. The Bertz CT molecular complexity index is 739. The van der Waals surface area contributed by atoms with Crippen LogP contribution in [-0.4, -0.2) is 50.2 Å². The normalized spacial score (nSPS) is 23.8. The minimum absolute atomic E-state index is 0.00241. The summed E-state index contributed by atoms with van der Waals surface area (Å²) < 4.78 is 36.3. The molecule has 132 valence electrons. The summed E-state index contributed by atoms with van der Waals surface area (Å²) in [4.78, 5) is 15.2. The number of fused-ring (bicyclic) bond motifs is 1. The number of halogens is 1. The van der Waals surface area contributed by atoms with E-state index in [1.54, 1.807) is 22.7 Å². The van der Waals surface area contributed by atoms with Crippen LogP contribution in [0.3, 0.4) is 0 Å². The lowest BCUT2D eigenvalue weighted by molar-refractivity contribution is 0.202. The number of sulfone groups is 1. The SMILES string of the molecule is CS(=O)(=O)C[C@H]1CCN(C(=O)N[C@H]2CCSc3ccc(F)cc32)C1. The Labute approximate surface area is 145 Å². The lowest BCUT2D eigenvalue weighted by Gasteiger charge is -2.28. The van der Waals surface area contributed by atoms with E-state index in [9.17, 15) is 17.6 Å². The quantitative estimate of drug-likeness (QED) is 0.885. The predicted molar refractivity (Wildman–Crippen MR) is 92.4 cm³/mol. The molecule has 8 heteroatoms. The van der Waals surface area contributed by atoms with Crippen molar-refractivity contribution in [2.75, 3.05) is 30.9 Å². The van der Waals surface area contributed by atoms with Gasteiger partial charge in [-0.1, -0.05) is 0 Å². The van der Waals surface area contributed by atoms with Crippen LogP contribution in [0, 0.1) is 11.7 Å². The molecule has 0 aromatic heterocycles. The molecule has 0 aliphatic carbocycles. The average Bonchev–Trinajstić information content (AvgIpc) is 2.94. The number of urea groups is 1. The van der Waals surface area contributed by atoms with E-state index in [-0.39, 0.29) is 29.6 Å². The highest BCUT2D eigenvalue weighted by Gasteiger charge is 2.31. The van der Waals surface area contributed by atoms with Gasteiger partial charge in [0.1, 0.15) is 15.7 Å². The van der Waals surface area contributed by atoms with Crippen LogP contribution in [0.5, 0.6) is 0 Å². The van der Waals surface area contributed by atoms with E-state index in [4.69, 9.17) is 0 Å². The van der Waals surface area contributed by atoms with Gasteiger partial charge in [0, 0.05) is 30.0 Å². The van der Waals surface area contributed by atoms with E-state index in [0.717, 1.165) is 22.6 Å². The fourth-order valence-electron chi connectivity index (χ4n) is 3.34. The molecule has 0 saturated carbocycles. The highest BCUT2D eigenvalue weighted by atomic mass is 32.2. The number of carbonyl (C=O) groups is 1. The molecular weight excluding hydrogens is 351 g/mol. The summed E-state index contributed by atoms with van der Waals surface area (Å²) >= 11 is 1.67. The van der Waals surface area contributed by atoms with Crippen LogP contribution in [0.4, 0.5) is 9.18 Å². The lowest BCUT2D eigenvalue weighted by atomic mass is 10.0. The summed E-state index contributed by atoms with van der Waals surface area (Å²) in [5, 5.41) is 2.99. The van der Waals surface area contributed by atoms with Crippen LogP contribution in [0.25, 0.3) is 0 Å². The highest BCUT2D eigenvalue weighted by molar-refractivity contribution is 7.99. The van der Waals surface area contributed by atoms with Crippen molar-refractivity contribution in [2.45, 2.75) is 23.8 Å². The molecule has 0 radical (unpaired) electrons. The fourth-order valence-corrected chi connectivity index (χ4v) is 5.57. The van der Waals surface area contributed by atoms with E-state index in [2.05, 4.69) is 5.32 Å². The van der Waals surface area contributed by atoms with Gasteiger partial charge >= 0.3 is 6.03 Å². The van der Waals surface area contributed by atoms with Crippen LogP contribution in [-0.2, 0) is 9.84 Å². The van der Waals surface area contributed by atoms with Gasteiger partial charge in [-0.3, -0.25) is 0 Å². The van der Waals surface area contributed by atoms with Crippen LogP contribution in [0.15, 0.2) is 23.1 Å². The zero-order valence-electron chi connectivity index (χ0n) is 13.5. The molecule has 2 atom stereocenters. The first-order valence-corrected chi connectivity index (χ1v) is 11.0. The third-order valence-corrected chi connectivity index (χ3v) is 6.62. The minimum Gasteiger partial charge on any atom is -0.331 e. The second kappa shape index (κ2) is 6.92. The molecule has 1 N–H and O–H groups in total. The number of nitrogens with one attached hydrogen (secondary N) is 1. The molecule has 24 heavy (non-hydrogen) atoms. The maximum Gasteiger partial charge on any atom is 0.317 e. The standard InChI is InChI=1S/C16H21FN2O3S2/c1-24(21,22)10-11-4-6-19(9-11)16(20)18-14-5-7-23-15-3-2-12(17)8-13(14)15/h2-3,8,11,14H,4-7,9-10H2,1H3,(H,18,20)/t11-,14-/m0/s1. The topological polar surface area (TPSA) is 66.5 Å². The molecule has 3 rings (SSSR count). The second-order valence-corrected chi connectivity index (χ2v) is 9.84. The molecular formula is C16H21FN2O3S2. The van der Waals surface area contributed by atoms with E-state index < -0.39 is 9.84 Å². The summed E-state index contributed by atoms with van der Waals surface area (Å²) in [7, 11) is -3.03. The van der Waals surface area contributed by atoms with Gasteiger partial charge < -0.3 is 10.2 Å². The molecule has 1 aromatic rings. The van der Waals surface area contributed by atoms with E-state index in [1.165, 1.54) is 18.4 Å². The van der Waals surface area contributed by atoms with Crippen molar-refractivity contribution in [2.24, 2.45) is 5.92 Å². The number of benzene rings is 1. The summed E-state index contributed by atoms with van der Waals surface area (Å²) in [5.74, 6) is 0.688. The van der Waals surface area contributed by atoms with Crippen LogP contribution in [0.1, 0.15) is 24.4 Å². The van der Waals surface area contributed by atoms with Crippen molar-refractivity contribution in [3.05, 3.63) is 29.6 Å². The van der Waals surface area contributed by atoms with Crippen molar-refractivity contribution >= 4 is 27.6 Å². The van der Waals surface area contributed by atoms with Crippen molar-refractivity contribution in [1.29, 1.82) is 0 Å². The second-order valence-electron chi connectivity index (χ2n) is 6.51. The van der Waals surface area contributed by atoms with Crippen molar-refractivity contribution in [3.8, 4) is 0 Å². The Kier molecular flexibility index (Phi) is 5.05. The summed E-state index contributed by atoms with van der Waals surface area (Å²) in [5.41, 5.74) is 0.825. The van der Waals surface area contributed by atoms with Gasteiger partial charge in [0.15, 0.2) is 0 Å². The van der Waals surface area contributed by atoms with Crippen LogP contribution < -0.4 is 5.32 Å². The Morgan fingerprint density at radius 2 is 2.21 bits per heavy atom. The van der Waals surface area contributed by atoms with Crippen LogP contribution in [0.2, 0.25) is 0 Å². The van der Waals surface area contributed by atoms with Gasteiger partial charge in [0.05, 0.1) is 11.8 Å². The Balaban J connectivity index is 1.63. The minimum atomic E-state index is -3.03. The molecule has 0 bridgehead atoms. The van der Waals surface area contributed by atoms with Gasteiger partial charge in [-0.15, -0.1) is 11.8 Å². The molecule has 2 aliphatic heterocycles. The maximum atomic E-state index is 13.5. The smallest absolute Gasteiger partial charge is 0.317 e. The van der Waals surface area contributed by atoms with Crippen molar-refractivity contribution in [1.82, 2.24) is 10.2 Å². The van der Waals surface area contributed by atoms with E-state index in [1.807, 2.05) is 0 Å². The largest absolute Gasteiger partial charge is 0.331 e. The lowest BCUT2D eigenvalue weighted by Crippen LogP contribution is -2.41. The third-order valence-electron chi connectivity index (χ3n) is 4.42. The average molecular weight is 372 g/mol. The van der Waals surface area contributed by atoms with Crippen molar-refractivity contribution in [3.63, 3.8) is 0 Å². The number of carbonyl (C=O) groups excluding carboxylic acids is 1. The number of likely N-dealkylation sites (tertiary alicyclic amines) is 1. The molecule has 1 aromatic carbocycles. The van der Waals surface area contributed by atoms with Crippen molar-refractivity contribution < 1.29 is 17.6 Å². The molecule has 1 saturated heterocycles. The van der Waals surface area contributed by atoms with Gasteiger partial charge in [-0.05, 0) is 42.5 Å². The first-order chi connectivity index (χ1) is 11.3. The number of thioether (sulfide) groups is 1. The monoisotopic (exact) mass is 372 g/mol. The van der Waals surface area contributed by atoms with Crippen LogP contribution >= 0.6 is 11.8 Å². The molecule has 2 heterocycles. The molecule has 2 aliphatic rings. The highest BCUT2D eigenvalue weighted by Crippen LogP contribution is 2.36. The first-order valence-electron chi connectivity index (χ1n) is 7.97. The molecule has 2 amide bonds. The maximum absolute atomic E-state index is 13.5. The van der Waals surface area contributed by atoms with E-state index in [0.29, 0.717) is 19.5 Å². The fraction of sp³-hybridized carbons (Fsp3) is 0.562. The number of nitrogens with zero attached hydrogens (tertiary/aromatic N) is 1. The van der Waals surface area contributed by atoms with E-state index >= 15 is 0 Å². The Hall–Kier alpha value is -1.28. The molecule has 0 unspecified atom stereocenters.